The summed E-state index contributed by atoms with van der Waals surface area (Å²) < 4.78 is 23.9. The molecule has 5 heteroatoms. The Morgan fingerprint density at radius 1 is 1.37 bits per heavy atom. The van der Waals surface area contributed by atoms with Crippen LogP contribution < -0.4 is 5.73 Å². The van der Waals surface area contributed by atoms with Crippen LogP contribution in [-0.2, 0) is 9.47 Å². The monoisotopic (exact) mass is 267 g/mol. The molecule has 1 aliphatic heterocycles. The minimum absolute atomic E-state index is 0.0621. The van der Waals surface area contributed by atoms with Gasteiger partial charge in [-0.1, -0.05) is 0 Å². The van der Waals surface area contributed by atoms with Crippen LogP contribution in [0.3, 0.4) is 0 Å². The van der Waals surface area contributed by atoms with E-state index in [2.05, 4.69) is 0 Å². The Morgan fingerprint density at radius 3 is 2.58 bits per heavy atom. The minimum Gasteiger partial charge on any atom is -0.459 e. The minimum atomic E-state index is -0.510. The second kappa shape index (κ2) is 5.57. The summed E-state index contributed by atoms with van der Waals surface area (Å²) >= 11 is 0. The van der Waals surface area contributed by atoms with E-state index in [1.54, 1.807) is 0 Å². The fourth-order valence-electron chi connectivity index (χ4n) is 2.37. The van der Waals surface area contributed by atoms with Crippen molar-refractivity contribution in [1.82, 2.24) is 0 Å². The third-order valence-corrected chi connectivity index (χ3v) is 3.16. The van der Waals surface area contributed by atoms with Gasteiger partial charge in [-0.2, -0.15) is 0 Å². The average molecular weight is 267 g/mol. The lowest BCUT2D eigenvalue weighted by atomic mass is 10.0. The topological polar surface area (TPSA) is 61.5 Å². The maximum atomic E-state index is 12.9. The number of ether oxygens (including phenoxy) is 2. The van der Waals surface area contributed by atoms with Gasteiger partial charge in [0.05, 0.1) is 17.8 Å². The van der Waals surface area contributed by atoms with Crippen LogP contribution in [0.25, 0.3) is 0 Å². The SMILES string of the molecule is CC1CC(OC(=O)c2ccc(F)cc2N)CC(C)O1. The first kappa shape index (κ1) is 13.8. The number of carbonyl (C=O) groups excluding carboxylic acids is 1. The summed E-state index contributed by atoms with van der Waals surface area (Å²) in [4.78, 5) is 12.0. The predicted molar refractivity (Wildman–Crippen MR) is 69.3 cm³/mol. The molecule has 19 heavy (non-hydrogen) atoms. The molecule has 2 atom stereocenters. The molecular formula is C14H18FNO3. The van der Waals surface area contributed by atoms with Crippen LogP contribution in [0.5, 0.6) is 0 Å². The molecule has 1 aliphatic rings. The highest BCUT2D eigenvalue weighted by molar-refractivity contribution is 5.95. The molecule has 2 rings (SSSR count). The van der Waals surface area contributed by atoms with E-state index in [0.29, 0.717) is 12.8 Å². The summed E-state index contributed by atoms with van der Waals surface area (Å²) in [5.41, 5.74) is 5.91. The highest BCUT2D eigenvalue weighted by atomic mass is 19.1. The summed E-state index contributed by atoms with van der Waals surface area (Å²) in [6, 6.07) is 3.66. The third kappa shape index (κ3) is 3.44. The van der Waals surface area contributed by atoms with Gasteiger partial charge in [0.1, 0.15) is 11.9 Å². The lowest BCUT2D eigenvalue weighted by Gasteiger charge is -2.31. The highest BCUT2D eigenvalue weighted by Gasteiger charge is 2.28. The fraction of sp³-hybridized carbons (Fsp3) is 0.500. The van der Waals surface area contributed by atoms with E-state index in [4.69, 9.17) is 15.2 Å². The van der Waals surface area contributed by atoms with Gasteiger partial charge in [-0.25, -0.2) is 9.18 Å². The Morgan fingerprint density at radius 2 is 2.00 bits per heavy atom. The quantitative estimate of drug-likeness (QED) is 0.660. The lowest BCUT2D eigenvalue weighted by Crippen LogP contribution is -2.35. The molecule has 2 N–H and O–H groups in total. The molecule has 0 aromatic heterocycles. The average Bonchev–Trinajstić information content (AvgIpc) is 2.26. The normalized spacial score (nSPS) is 27.0. The van der Waals surface area contributed by atoms with Gasteiger partial charge in [-0.05, 0) is 32.0 Å². The summed E-state index contributed by atoms with van der Waals surface area (Å²) in [5.74, 6) is -0.980. The van der Waals surface area contributed by atoms with Crippen molar-refractivity contribution in [2.24, 2.45) is 0 Å². The van der Waals surface area contributed by atoms with E-state index in [0.717, 1.165) is 6.07 Å². The summed E-state index contributed by atoms with van der Waals surface area (Å²) in [5, 5.41) is 0. The van der Waals surface area contributed by atoms with E-state index < -0.39 is 11.8 Å². The highest BCUT2D eigenvalue weighted by Crippen LogP contribution is 2.23. The van der Waals surface area contributed by atoms with E-state index in [-0.39, 0.29) is 29.6 Å². The number of benzene rings is 1. The van der Waals surface area contributed by atoms with Gasteiger partial charge in [-0.15, -0.1) is 0 Å². The molecule has 104 valence electrons. The van der Waals surface area contributed by atoms with Crippen molar-refractivity contribution < 1.29 is 18.7 Å². The predicted octanol–water partition coefficient (Wildman–Crippen LogP) is 2.52. The molecule has 4 nitrogen and oxygen atoms in total. The van der Waals surface area contributed by atoms with E-state index >= 15 is 0 Å². The molecule has 1 fully saturated rings. The van der Waals surface area contributed by atoms with Crippen LogP contribution >= 0.6 is 0 Å². The number of nitrogen functional groups attached to an aromatic ring is 1. The van der Waals surface area contributed by atoms with Crippen molar-refractivity contribution in [3.8, 4) is 0 Å². The number of rotatable bonds is 2. The van der Waals surface area contributed by atoms with Crippen LogP contribution in [-0.4, -0.2) is 24.3 Å². The van der Waals surface area contributed by atoms with Crippen LogP contribution in [0.15, 0.2) is 18.2 Å². The molecule has 0 saturated carbocycles. The second-order valence-corrected chi connectivity index (χ2v) is 4.99. The Kier molecular flexibility index (Phi) is 4.04. The number of hydrogen-bond acceptors (Lipinski definition) is 4. The molecule has 1 saturated heterocycles. The molecular weight excluding hydrogens is 249 g/mol. The van der Waals surface area contributed by atoms with Crippen molar-refractivity contribution in [2.75, 3.05) is 5.73 Å². The van der Waals surface area contributed by atoms with Gasteiger partial charge in [0, 0.05) is 18.5 Å². The molecule has 0 radical (unpaired) electrons. The maximum absolute atomic E-state index is 12.9. The summed E-state index contributed by atoms with van der Waals surface area (Å²) in [6.07, 6.45) is 1.27. The van der Waals surface area contributed by atoms with Crippen molar-refractivity contribution in [1.29, 1.82) is 0 Å². The first-order valence-electron chi connectivity index (χ1n) is 6.37. The van der Waals surface area contributed by atoms with E-state index in [1.807, 2.05) is 13.8 Å². The second-order valence-electron chi connectivity index (χ2n) is 4.99. The Bertz CT molecular complexity index is 468. The van der Waals surface area contributed by atoms with Crippen molar-refractivity contribution in [3.05, 3.63) is 29.6 Å². The van der Waals surface area contributed by atoms with Crippen LogP contribution in [0.2, 0.25) is 0 Å². The van der Waals surface area contributed by atoms with Gasteiger partial charge in [0.15, 0.2) is 0 Å². The number of nitrogens with two attached hydrogens (primary N) is 1. The zero-order chi connectivity index (χ0) is 14.0. The first-order chi connectivity index (χ1) is 8.95. The number of esters is 1. The van der Waals surface area contributed by atoms with Gasteiger partial charge in [0.2, 0.25) is 0 Å². The molecule has 0 bridgehead atoms. The number of carbonyl (C=O) groups is 1. The molecule has 2 unspecified atom stereocenters. The van der Waals surface area contributed by atoms with Crippen molar-refractivity contribution in [2.45, 2.75) is 45.0 Å². The molecule has 1 heterocycles. The van der Waals surface area contributed by atoms with Crippen LogP contribution in [0.1, 0.15) is 37.0 Å². The Balaban J connectivity index is 2.04. The largest absolute Gasteiger partial charge is 0.459 e. The van der Waals surface area contributed by atoms with Gasteiger partial charge in [0.25, 0.3) is 0 Å². The smallest absolute Gasteiger partial charge is 0.340 e. The van der Waals surface area contributed by atoms with Crippen molar-refractivity contribution in [3.63, 3.8) is 0 Å². The summed E-state index contributed by atoms with van der Waals surface area (Å²) in [6.45, 7) is 3.89. The van der Waals surface area contributed by atoms with Gasteiger partial charge >= 0.3 is 5.97 Å². The van der Waals surface area contributed by atoms with Crippen LogP contribution in [0, 0.1) is 5.82 Å². The molecule has 1 aromatic carbocycles. The van der Waals surface area contributed by atoms with E-state index in [9.17, 15) is 9.18 Å². The molecule has 1 aromatic rings. The van der Waals surface area contributed by atoms with Gasteiger partial charge in [-0.3, -0.25) is 0 Å². The fourth-order valence-corrected chi connectivity index (χ4v) is 2.37. The number of anilines is 1. The summed E-state index contributed by atoms with van der Waals surface area (Å²) in [7, 11) is 0. The van der Waals surface area contributed by atoms with Crippen molar-refractivity contribution >= 4 is 11.7 Å². The third-order valence-electron chi connectivity index (χ3n) is 3.16. The zero-order valence-electron chi connectivity index (χ0n) is 11.1. The van der Waals surface area contributed by atoms with Gasteiger partial charge < -0.3 is 15.2 Å². The molecule has 0 aliphatic carbocycles. The Hall–Kier alpha value is -1.62. The lowest BCUT2D eigenvalue weighted by molar-refractivity contribution is -0.0855. The maximum Gasteiger partial charge on any atom is 0.340 e. The van der Waals surface area contributed by atoms with Crippen LogP contribution in [0.4, 0.5) is 10.1 Å². The standard InChI is InChI=1S/C14H18FNO3/c1-8-5-11(6-9(2)18-8)19-14(17)12-4-3-10(15)7-13(12)16/h3-4,7-9,11H,5-6,16H2,1-2H3. The zero-order valence-corrected chi connectivity index (χ0v) is 11.1. The molecule has 0 amide bonds. The number of hydrogen-bond donors (Lipinski definition) is 1. The Labute approximate surface area is 111 Å². The molecule has 0 spiro atoms. The number of halogens is 1. The first-order valence-corrected chi connectivity index (χ1v) is 6.37. The van der Waals surface area contributed by atoms with E-state index in [1.165, 1.54) is 12.1 Å².